The largest absolute Gasteiger partial charge is 0.573 e. The summed E-state index contributed by atoms with van der Waals surface area (Å²) >= 11 is 0. The lowest BCUT2D eigenvalue weighted by molar-refractivity contribution is -0.274. The first kappa shape index (κ1) is 18.5. The van der Waals surface area contributed by atoms with E-state index in [1.807, 2.05) is 0 Å². The van der Waals surface area contributed by atoms with Gasteiger partial charge in [0, 0.05) is 5.56 Å². The highest BCUT2D eigenvalue weighted by Crippen LogP contribution is 2.34. The van der Waals surface area contributed by atoms with Gasteiger partial charge in [0.1, 0.15) is 11.5 Å². The number of hydrogen-bond acceptors (Lipinski definition) is 5. The third-order valence-electron chi connectivity index (χ3n) is 3.74. The number of ether oxygens (including phenoxy) is 2. The Morgan fingerprint density at radius 2 is 2.04 bits per heavy atom. The first-order chi connectivity index (χ1) is 12.8. The Balaban J connectivity index is 1.90. The first-order valence-electron chi connectivity index (χ1n) is 7.63. The van der Waals surface area contributed by atoms with Crippen LogP contribution in [0.3, 0.4) is 0 Å². The molecule has 2 amide bonds. The molecule has 142 valence electrons. The number of nitrogens with zero attached hydrogens (tertiary/aromatic N) is 1. The summed E-state index contributed by atoms with van der Waals surface area (Å²) in [4.78, 5) is 25.1. The minimum absolute atomic E-state index is 0.0611. The van der Waals surface area contributed by atoms with E-state index in [0.29, 0.717) is 11.3 Å². The number of rotatable bonds is 4. The van der Waals surface area contributed by atoms with E-state index in [-0.39, 0.29) is 24.4 Å². The number of hydroxylamine groups is 1. The Labute approximate surface area is 150 Å². The van der Waals surface area contributed by atoms with Gasteiger partial charge in [-0.3, -0.25) is 14.8 Å². The maximum atomic E-state index is 12.4. The number of alkyl halides is 3. The molecule has 27 heavy (non-hydrogen) atoms. The standard InChI is InChI=1S/C17H13F3N2O5/c18-17(19,20)27-12-3-1-2-10(6-12)8-22-13-7-11(16(24)21-25)4-5-14(13)26-9-15(22)23/h1-7,25H,8-9H2,(H,21,24). The highest BCUT2D eigenvalue weighted by Gasteiger charge is 2.31. The molecular weight excluding hydrogens is 369 g/mol. The lowest BCUT2D eigenvalue weighted by atomic mass is 10.1. The highest BCUT2D eigenvalue weighted by atomic mass is 19.4. The van der Waals surface area contributed by atoms with Crippen LogP contribution < -0.4 is 19.9 Å². The average Bonchev–Trinajstić information content (AvgIpc) is 2.62. The lowest BCUT2D eigenvalue weighted by Crippen LogP contribution is -2.38. The molecule has 0 saturated carbocycles. The van der Waals surface area contributed by atoms with Gasteiger partial charge in [-0.1, -0.05) is 12.1 Å². The zero-order valence-corrected chi connectivity index (χ0v) is 13.6. The van der Waals surface area contributed by atoms with Crippen LogP contribution in [-0.2, 0) is 11.3 Å². The van der Waals surface area contributed by atoms with E-state index in [0.717, 1.165) is 6.07 Å². The summed E-state index contributed by atoms with van der Waals surface area (Å²) in [5, 5.41) is 8.75. The lowest BCUT2D eigenvalue weighted by Gasteiger charge is -2.30. The maximum Gasteiger partial charge on any atom is 0.573 e. The zero-order valence-electron chi connectivity index (χ0n) is 13.6. The second-order valence-electron chi connectivity index (χ2n) is 5.59. The van der Waals surface area contributed by atoms with Gasteiger partial charge < -0.3 is 14.4 Å². The smallest absolute Gasteiger partial charge is 0.482 e. The summed E-state index contributed by atoms with van der Waals surface area (Å²) in [6, 6.07) is 9.43. The number of fused-ring (bicyclic) bond motifs is 1. The molecular formula is C17H13F3N2O5. The molecule has 0 atom stereocenters. The molecule has 0 unspecified atom stereocenters. The van der Waals surface area contributed by atoms with Crippen molar-refractivity contribution < 1.29 is 37.4 Å². The number of carbonyl (C=O) groups excluding carboxylic acids is 2. The number of amides is 2. The molecule has 2 N–H and O–H groups in total. The van der Waals surface area contributed by atoms with Gasteiger partial charge in [0.25, 0.3) is 11.8 Å². The molecule has 1 heterocycles. The molecule has 0 fully saturated rings. The summed E-state index contributed by atoms with van der Waals surface area (Å²) in [5.74, 6) is -1.30. The number of carbonyl (C=O) groups is 2. The van der Waals surface area contributed by atoms with E-state index >= 15 is 0 Å². The van der Waals surface area contributed by atoms with Crippen LogP contribution in [-0.4, -0.2) is 30.0 Å². The van der Waals surface area contributed by atoms with Crippen molar-refractivity contribution in [2.45, 2.75) is 12.9 Å². The second-order valence-corrected chi connectivity index (χ2v) is 5.59. The summed E-state index contributed by atoms with van der Waals surface area (Å²) in [6.45, 7) is -0.314. The van der Waals surface area contributed by atoms with Crippen molar-refractivity contribution in [3.8, 4) is 11.5 Å². The van der Waals surface area contributed by atoms with Crippen molar-refractivity contribution in [3.63, 3.8) is 0 Å². The summed E-state index contributed by atoms with van der Waals surface area (Å²) in [7, 11) is 0. The molecule has 1 aliphatic heterocycles. The average molecular weight is 382 g/mol. The molecule has 10 heteroatoms. The fraction of sp³-hybridized carbons (Fsp3) is 0.176. The number of nitrogens with one attached hydrogen (secondary N) is 1. The number of halogens is 3. The summed E-state index contributed by atoms with van der Waals surface area (Å²) in [6.07, 6.45) is -4.83. The van der Waals surface area contributed by atoms with Gasteiger partial charge in [-0.2, -0.15) is 0 Å². The van der Waals surface area contributed by atoms with Gasteiger partial charge in [0.2, 0.25) is 0 Å². The normalized spacial score (nSPS) is 13.6. The molecule has 0 radical (unpaired) electrons. The summed E-state index contributed by atoms with van der Waals surface area (Å²) in [5.41, 5.74) is 2.21. The maximum absolute atomic E-state index is 12.4. The molecule has 0 spiro atoms. The molecule has 2 aromatic rings. The fourth-order valence-corrected chi connectivity index (χ4v) is 2.60. The van der Waals surface area contributed by atoms with Crippen LogP contribution >= 0.6 is 0 Å². The molecule has 0 aliphatic carbocycles. The van der Waals surface area contributed by atoms with Gasteiger partial charge >= 0.3 is 6.36 Å². The van der Waals surface area contributed by atoms with E-state index < -0.39 is 23.9 Å². The van der Waals surface area contributed by atoms with Gasteiger partial charge in [0.15, 0.2) is 6.61 Å². The minimum atomic E-state index is -4.83. The Morgan fingerprint density at radius 1 is 1.26 bits per heavy atom. The molecule has 0 aromatic heterocycles. The number of benzene rings is 2. The van der Waals surface area contributed by atoms with E-state index in [4.69, 9.17) is 9.94 Å². The highest BCUT2D eigenvalue weighted by molar-refractivity contribution is 6.01. The molecule has 0 bridgehead atoms. The van der Waals surface area contributed by atoms with E-state index in [1.165, 1.54) is 46.8 Å². The molecule has 0 saturated heterocycles. The van der Waals surface area contributed by atoms with Crippen molar-refractivity contribution in [2.75, 3.05) is 11.5 Å². The van der Waals surface area contributed by atoms with Crippen molar-refractivity contribution >= 4 is 17.5 Å². The predicted octanol–water partition coefficient (Wildman–Crippen LogP) is 2.63. The molecule has 3 rings (SSSR count). The van der Waals surface area contributed by atoms with Crippen molar-refractivity contribution in [1.82, 2.24) is 5.48 Å². The monoisotopic (exact) mass is 382 g/mol. The van der Waals surface area contributed by atoms with Crippen LogP contribution in [0.2, 0.25) is 0 Å². The van der Waals surface area contributed by atoms with E-state index in [2.05, 4.69) is 4.74 Å². The third kappa shape index (κ3) is 4.29. The van der Waals surface area contributed by atoms with E-state index in [9.17, 15) is 22.8 Å². The molecule has 2 aromatic carbocycles. The van der Waals surface area contributed by atoms with Crippen molar-refractivity contribution in [1.29, 1.82) is 0 Å². The van der Waals surface area contributed by atoms with Crippen LogP contribution in [0.25, 0.3) is 0 Å². The van der Waals surface area contributed by atoms with Crippen LogP contribution in [0.4, 0.5) is 18.9 Å². The van der Waals surface area contributed by atoms with Crippen LogP contribution in [0.5, 0.6) is 11.5 Å². The summed E-state index contributed by atoms with van der Waals surface area (Å²) < 4.78 is 46.3. The van der Waals surface area contributed by atoms with E-state index in [1.54, 1.807) is 0 Å². The van der Waals surface area contributed by atoms with Crippen LogP contribution in [0.15, 0.2) is 42.5 Å². The number of hydrogen-bond donors (Lipinski definition) is 2. The Kier molecular flexibility index (Phi) is 4.91. The minimum Gasteiger partial charge on any atom is -0.482 e. The topological polar surface area (TPSA) is 88.1 Å². The predicted molar refractivity (Wildman–Crippen MR) is 85.5 cm³/mol. The number of anilines is 1. The fourth-order valence-electron chi connectivity index (χ4n) is 2.60. The van der Waals surface area contributed by atoms with Gasteiger partial charge in [-0.15, -0.1) is 13.2 Å². The third-order valence-corrected chi connectivity index (χ3v) is 3.74. The Morgan fingerprint density at radius 3 is 2.74 bits per heavy atom. The van der Waals surface area contributed by atoms with Gasteiger partial charge in [-0.05, 0) is 35.9 Å². The van der Waals surface area contributed by atoms with Gasteiger partial charge in [-0.25, -0.2) is 5.48 Å². The zero-order chi connectivity index (χ0) is 19.6. The first-order valence-corrected chi connectivity index (χ1v) is 7.63. The van der Waals surface area contributed by atoms with Gasteiger partial charge in [0.05, 0.1) is 12.2 Å². The van der Waals surface area contributed by atoms with Crippen LogP contribution in [0, 0.1) is 0 Å². The molecule has 1 aliphatic rings. The van der Waals surface area contributed by atoms with Crippen molar-refractivity contribution in [2.24, 2.45) is 0 Å². The second kappa shape index (κ2) is 7.16. The quantitative estimate of drug-likeness (QED) is 0.627. The Bertz CT molecular complexity index is 885. The van der Waals surface area contributed by atoms with Crippen molar-refractivity contribution in [3.05, 3.63) is 53.6 Å². The Hall–Kier alpha value is -3.27. The molecule has 7 nitrogen and oxygen atoms in total. The SMILES string of the molecule is O=C(NO)c1ccc2c(c1)N(Cc1cccc(OC(F)(F)F)c1)C(=O)CO2. The van der Waals surface area contributed by atoms with Crippen LogP contribution in [0.1, 0.15) is 15.9 Å².